The first-order valence-electron chi connectivity index (χ1n) is 7.69. The SMILES string of the molecule is CC(=O)CC(NC(=O)CC(C)(C)OCCC(C)(C)NI)C(C)=O. The zero-order valence-electron chi connectivity index (χ0n) is 14.9. The van der Waals surface area contributed by atoms with Crippen molar-refractivity contribution in [3.63, 3.8) is 0 Å². The molecule has 7 heteroatoms. The first-order chi connectivity index (χ1) is 10.4. The van der Waals surface area contributed by atoms with Crippen molar-refractivity contribution in [2.24, 2.45) is 0 Å². The number of hydrogen-bond acceptors (Lipinski definition) is 5. The monoisotopic (exact) mass is 440 g/mol. The second kappa shape index (κ2) is 9.68. The van der Waals surface area contributed by atoms with Gasteiger partial charge in [0.15, 0.2) is 5.78 Å². The molecule has 0 rings (SSSR count). The van der Waals surface area contributed by atoms with Gasteiger partial charge in [-0.3, -0.25) is 17.9 Å². The molecule has 23 heavy (non-hydrogen) atoms. The van der Waals surface area contributed by atoms with E-state index in [1.807, 2.05) is 13.8 Å². The standard InChI is InChI=1S/C16H29IN2O4/c1-11(20)9-13(12(2)21)18-14(22)10-16(5,6)23-8-7-15(3,4)19-17/h13,19H,7-10H2,1-6H3,(H,18,22). The summed E-state index contributed by atoms with van der Waals surface area (Å²) in [6.07, 6.45) is 0.964. The van der Waals surface area contributed by atoms with Crippen LogP contribution in [0.3, 0.4) is 0 Å². The summed E-state index contributed by atoms with van der Waals surface area (Å²) < 4.78 is 8.97. The van der Waals surface area contributed by atoms with E-state index in [4.69, 9.17) is 4.74 Å². The summed E-state index contributed by atoms with van der Waals surface area (Å²) in [6.45, 7) is 11.1. The normalized spacial score (nSPS) is 13.5. The van der Waals surface area contributed by atoms with Crippen molar-refractivity contribution >= 4 is 40.3 Å². The van der Waals surface area contributed by atoms with Gasteiger partial charge in [-0.05, 0) is 48.0 Å². The Morgan fingerprint density at radius 2 is 1.70 bits per heavy atom. The Balaban J connectivity index is 4.44. The Bertz CT molecular complexity index is 436. The summed E-state index contributed by atoms with van der Waals surface area (Å²) >= 11 is 2.11. The van der Waals surface area contributed by atoms with Crippen LogP contribution in [0.25, 0.3) is 0 Å². The Hall–Kier alpha value is -0.540. The van der Waals surface area contributed by atoms with Crippen LogP contribution < -0.4 is 8.85 Å². The fourth-order valence-electron chi connectivity index (χ4n) is 1.90. The summed E-state index contributed by atoms with van der Waals surface area (Å²) in [5.74, 6) is -0.639. The topological polar surface area (TPSA) is 84.5 Å². The molecule has 134 valence electrons. The largest absolute Gasteiger partial charge is 0.375 e. The van der Waals surface area contributed by atoms with E-state index in [9.17, 15) is 14.4 Å². The Kier molecular flexibility index (Phi) is 9.46. The van der Waals surface area contributed by atoms with E-state index in [0.717, 1.165) is 6.42 Å². The van der Waals surface area contributed by atoms with Gasteiger partial charge in [-0.2, -0.15) is 0 Å². The van der Waals surface area contributed by atoms with Gasteiger partial charge in [0.2, 0.25) is 5.91 Å². The van der Waals surface area contributed by atoms with Gasteiger partial charge in [0.1, 0.15) is 5.78 Å². The molecule has 6 nitrogen and oxygen atoms in total. The molecular weight excluding hydrogens is 411 g/mol. The summed E-state index contributed by atoms with van der Waals surface area (Å²) in [4.78, 5) is 34.7. The zero-order chi connectivity index (χ0) is 18.3. The molecule has 0 aliphatic heterocycles. The summed E-state index contributed by atoms with van der Waals surface area (Å²) in [6, 6.07) is -0.752. The highest BCUT2D eigenvalue weighted by atomic mass is 127. The number of Topliss-reactive ketones (excluding diaryl/α,β-unsaturated/α-hetero) is 2. The van der Waals surface area contributed by atoms with Crippen molar-refractivity contribution < 1.29 is 19.1 Å². The maximum atomic E-state index is 12.1. The van der Waals surface area contributed by atoms with Gasteiger partial charge in [0.25, 0.3) is 0 Å². The summed E-state index contributed by atoms with van der Waals surface area (Å²) in [5.41, 5.74) is -0.677. The average molecular weight is 440 g/mol. The second-order valence-electron chi connectivity index (χ2n) is 7.15. The quantitative estimate of drug-likeness (QED) is 0.381. The molecule has 0 aliphatic carbocycles. The van der Waals surface area contributed by atoms with Crippen LogP contribution in [0.5, 0.6) is 0 Å². The van der Waals surface area contributed by atoms with E-state index in [0.29, 0.717) is 6.61 Å². The van der Waals surface area contributed by atoms with Gasteiger partial charge in [0.05, 0.1) is 18.1 Å². The number of amides is 1. The van der Waals surface area contributed by atoms with E-state index in [2.05, 4.69) is 45.6 Å². The molecule has 0 radical (unpaired) electrons. The molecular formula is C16H29IN2O4. The third-order valence-electron chi connectivity index (χ3n) is 3.38. The number of halogens is 1. The Labute approximate surface area is 153 Å². The number of ether oxygens (including phenoxy) is 1. The third-order valence-corrected chi connectivity index (χ3v) is 4.84. The molecule has 0 bridgehead atoms. The van der Waals surface area contributed by atoms with Crippen LogP contribution >= 0.6 is 22.9 Å². The van der Waals surface area contributed by atoms with Gasteiger partial charge in [0, 0.05) is 41.4 Å². The number of carbonyl (C=O) groups is 3. The molecule has 0 saturated heterocycles. The van der Waals surface area contributed by atoms with Gasteiger partial charge >= 0.3 is 0 Å². The Morgan fingerprint density at radius 1 is 1.13 bits per heavy atom. The maximum absolute atomic E-state index is 12.1. The lowest BCUT2D eigenvalue weighted by Gasteiger charge is -2.29. The molecule has 0 aromatic heterocycles. The van der Waals surface area contributed by atoms with Crippen LogP contribution in [0, 0.1) is 0 Å². The smallest absolute Gasteiger partial charge is 0.223 e. The van der Waals surface area contributed by atoms with Crippen molar-refractivity contribution in [3.8, 4) is 0 Å². The van der Waals surface area contributed by atoms with Crippen molar-refractivity contribution in [1.29, 1.82) is 0 Å². The minimum absolute atomic E-state index is 0.0257. The van der Waals surface area contributed by atoms with Gasteiger partial charge < -0.3 is 10.1 Å². The summed E-state index contributed by atoms with van der Waals surface area (Å²) in [7, 11) is 0. The number of carbonyl (C=O) groups excluding carboxylic acids is 3. The number of rotatable bonds is 11. The highest BCUT2D eigenvalue weighted by Gasteiger charge is 2.27. The maximum Gasteiger partial charge on any atom is 0.223 e. The molecule has 0 aliphatic rings. The molecule has 0 fully saturated rings. The number of nitrogens with one attached hydrogen (secondary N) is 2. The van der Waals surface area contributed by atoms with Crippen molar-refractivity contribution in [3.05, 3.63) is 0 Å². The predicted molar refractivity (Wildman–Crippen MR) is 98.4 cm³/mol. The number of hydrogen-bond donors (Lipinski definition) is 2. The minimum Gasteiger partial charge on any atom is -0.375 e. The minimum atomic E-state index is -0.752. The van der Waals surface area contributed by atoms with E-state index in [-0.39, 0.29) is 35.9 Å². The van der Waals surface area contributed by atoms with Crippen LogP contribution in [-0.4, -0.2) is 41.3 Å². The lowest BCUT2D eigenvalue weighted by atomic mass is 10.0. The van der Waals surface area contributed by atoms with Gasteiger partial charge in [-0.1, -0.05) is 0 Å². The van der Waals surface area contributed by atoms with Gasteiger partial charge in [-0.25, -0.2) is 0 Å². The molecule has 0 aromatic rings. The first kappa shape index (κ1) is 22.5. The van der Waals surface area contributed by atoms with E-state index < -0.39 is 11.6 Å². The van der Waals surface area contributed by atoms with Crippen LogP contribution in [0.4, 0.5) is 0 Å². The molecule has 2 N–H and O–H groups in total. The Morgan fingerprint density at radius 3 is 2.13 bits per heavy atom. The zero-order valence-corrected chi connectivity index (χ0v) is 17.1. The second-order valence-corrected chi connectivity index (χ2v) is 7.69. The van der Waals surface area contributed by atoms with Crippen molar-refractivity contribution in [2.75, 3.05) is 6.61 Å². The average Bonchev–Trinajstić information content (AvgIpc) is 2.35. The van der Waals surface area contributed by atoms with Crippen LogP contribution in [0.2, 0.25) is 0 Å². The molecule has 0 aromatic carbocycles. The molecule has 0 saturated carbocycles. The molecule has 1 unspecified atom stereocenters. The first-order valence-corrected chi connectivity index (χ1v) is 8.77. The molecule has 1 atom stereocenters. The third kappa shape index (κ3) is 10.8. The van der Waals surface area contributed by atoms with E-state index in [1.165, 1.54) is 13.8 Å². The highest BCUT2D eigenvalue weighted by molar-refractivity contribution is 14.1. The van der Waals surface area contributed by atoms with Crippen molar-refractivity contribution in [2.45, 2.75) is 78.0 Å². The fourth-order valence-corrected chi connectivity index (χ4v) is 2.17. The summed E-state index contributed by atoms with van der Waals surface area (Å²) in [5, 5.41) is 2.62. The molecule has 0 heterocycles. The van der Waals surface area contributed by atoms with E-state index in [1.54, 1.807) is 0 Å². The van der Waals surface area contributed by atoms with Crippen LogP contribution in [0.15, 0.2) is 0 Å². The predicted octanol–water partition coefficient (Wildman–Crippen LogP) is 2.33. The molecule has 1 amide bonds. The van der Waals surface area contributed by atoms with Gasteiger partial charge in [-0.15, -0.1) is 0 Å². The van der Waals surface area contributed by atoms with Crippen molar-refractivity contribution in [1.82, 2.24) is 8.85 Å². The lowest BCUT2D eigenvalue weighted by molar-refractivity contribution is -0.132. The van der Waals surface area contributed by atoms with Crippen LogP contribution in [-0.2, 0) is 19.1 Å². The highest BCUT2D eigenvalue weighted by Crippen LogP contribution is 2.18. The fraction of sp³-hybridized carbons (Fsp3) is 0.812. The molecule has 0 spiro atoms. The van der Waals surface area contributed by atoms with Crippen LogP contribution in [0.1, 0.15) is 60.8 Å². The lowest BCUT2D eigenvalue weighted by Crippen LogP contribution is -2.44. The number of ketones is 2. The van der Waals surface area contributed by atoms with E-state index >= 15 is 0 Å².